The molecule has 0 saturated carbocycles. The van der Waals surface area contributed by atoms with E-state index in [2.05, 4.69) is 0 Å². The van der Waals surface area contributed by atoms with Crippen molar-refractivity contribution in [2.24, 2.45) is 0 Å². The van der Waals surface area contributed by atoms with Gasteiger partial charge in [0.1, 0.15) is 0 Å². The van der Waals surface area contributed by atoms with Crippen LogP contribution < -0.4 is 4.74 Å². The smallest absolute Gasteiger partial charge is 0.290 e. The Hall–Kier alpha value is -3.26. The Labute approximate surface area is 168 Å². The normalized spacial score (nSPS) is 16.8. The molecule has 1 aromatic heterocycles. The molecule has 0 aliphatic carbocycles. The third-order valence-electron chi connectivity index (χ3n) is 4.68. The van der Waals surface area contributed by atoms with Crippen molar-refractivity contribution in [1.29, 1.82) is 0 Å². The number of nitrogens with zero attached hydrogens (tertiary/aromatic N) is 2. The van der Waals surface area contributed by atoms with Crippen LogP contribution in [0.5, 0.6) is 11.5 Å². The van der Waals surface area contributed by atoms with Crippen LogP contribution in [0.1, 0.15) is 29.1 Å². The van der Waals surface area contributed by atoms with Gasteiger partial charge in [0.05, 0.1) is 24.5 Å². The molecule has 1 atom stereocenters. The molecule has 2 heterocycles. The second kappa shape index (κ2) is 8.40. The van der Waals surface area contributed by atoms with E-state index in [0.29, 0.717) is 25.3 Å². The number of aromatic hydroxyl groups is 1. The Bertz CT molecular complexity index is 933. The van der Waals surface area contributed by atoms with Crippen molar-refractivity contribution in [1.82, 2.24) is 9.80 Å². The maximum atomic E-state index is 13.0. The van der Waals surface area contributed by atoms with Gasteiger partial charge in [-0.2, -0.15) is 0 Å². The van der Waals surface area contributed by atoms with Crippen molar-refractivity contribution in [2.75, 3.05) is 33.8 Å². The quantitative estimate of drug-likeness (QED) is 0.656. The van der Waals surface area contributed by atoms with Gasteiger partial charge in [-0.25, -0.2) is 0 Å². The predicted molar refractivity (Wildman–Crippen MR) is 105 cm³/mol. The Morgan fingerprint density at radius 1 is 1.28 bits per heavy atom. The van der Waals surface area contributed by atoms with E-state index in [1.807, 2.05) is 19.0 Å². The lowest BCUT2D eigenvalue weighted by atomic mass is 9.94. The first kappa shape index (κ1) is 20.5. The number of amides is 1. The summed E-state index contributed by atoms with van der Waals surface area (Å²) in [5, 5.41) is 20.6. The number of likely N-dealkylation sites (N-methyl/N-ethyl adjacent to an activating group) is 1. The molecule has 8 nitrogen and oxygen atoms in total. The van der Waals surface area contributed by atoms with Gasteiger partial charge in [0, 0.05) is 13.1 Å². The summed E-state index contributed by atoms with van der Waals surface area (Å²) in [6.45, 7) is 2.95. The number of ether oxygens (including phenoxy) is 1. The van der Waals surface area contributed by atoms with Gasteiger partial charge < -0.3 is 29.2 Å². The van der Waals surface area contributed by atoms with E-state index < -0.39 is 23.5 Å². The average molecular weight is 400 g/mol. The van der Waals surface area contributed by atoms with Crippen molar-refractivity contribution in [3.05, 3.63) is 59.3 Å². The highest BCUT2D eigenvalue weighted by molar-refractivity contribution is 6.15. The molecule has 8 heteroatoms. The fraction of sp³-hybridized carbons (Fsp3) is 0.333. The Kier molecular flexibility index (Phi) is 5.93. The number of ketones is 1. The van der Waals surface area contributed by atoms with Crippen LogP contribution in [0.4, 0.5) is 0 Å². The largest absolute Gasteiger partial charge is 0.504 e. The van der Waals surface area contributed by atoms with E-state index in [1.165, 1.54) is 23.3 Å². The lowest BCUT2D eigenvalue weighted by Gasteiger charge is -2.28. The van der Waals surface area contributed by atoms with E-state index in [0.717, 1.165) is 0 Å². The van der Waals surface area contributed by atoms with Crippen LogP contribution in [0.25, 0.3) is 0 Å². The Balaban J connectivity index is 2.09. The standard InChI is InChI=1S/C21H24N2O6/c1-4-28-16-12-13(7-8-14(16)24)18-17(19(25)15-6-5-11-29-15)20(26)21(27)23(18)10-9-22(2)3/h5-8,11-12,18,24,26H,4,9-10H2,1-3H3. The summed E-state index contributed by atoms with van der Waals surface area (Å²) in [5.74, 6) is -1.57. The molecule has 1 aliphatic heterocycles. The molecule has 1 aromatic carbocycles. The van der Waals surface area contributed by atoms with Crippen LogP contribution in [0.15, 0.2) is 52.3 Å². The van der Waals surface area contributed by atoms with Gasteiger partial charge >= 0.3 is 0 Å². The molecular weight excluding hydrogens is 376 g/mol. The molecular formula is C21H24N2O6. The molecule has 1 unspecified atom stereocenters. The number of benzene rings is 1. The first-order valence-corrected chi connectivity index (χ1v) is 9.27. The number of hydrogen-bond donors (Lipinski definition) is 2. The van der Waals surface area contributed by atoms with Gasteiger partial charge in [-0.15, -0.1) is 0 Å². The van der Waals surface area contributed by atoms with Crippen molar-refractivity contribution in [2.45, 2.75) is 13.0 Å². The monoisotopic (exact) mass is 400 g/mol. The van der Waals surface area contributed by atoms with Crippen molar-refractivity contribution in [3.8, 4) is 11.5 Å². The zero-order chi connectivity index (χ0) is 21.1. The number of phenolic OH excluding ortho intramolecular Hbond substituents is 1. The molecule has 2 aromatic rings. The van der Waals surface area contributed by atoms with Gasteiger partial charge in [-0.1, -0.05) is 6.07 Å². The third kappa shape index (κ3) is 3.97. The number of furan rings is 1. The van der Waals surface area contributed by atoms with Crippen LogP contribution in [0.2, 0.25) is 0 Å². The molecule has 0 fully saturated rings. The molecule has 3 rings (SSSR count). The van der Waals surface area contributed by atoms with Crippen LogP contribution in [0, 0.1) is 0 Å². The predicted octanol–water partition coefficient (Wildman–Crippen LogP) is 2.52. The number of carbonyl (C=O) groups is 2. The maximum Gasteiger partial charge on any atom is 0.290 e. The topological polar surface area (TPSA) is 103 Å². The van der Waals surface area contributed by atoms with Crippen LogP contribution in [-0.2, 0) is 4.79 Å². The zero-order valence-corrected chi connectivity index (χ0v) is 16.6. The molecule has 0 radical (unpaired) electrons. The van der Waals surface area contributed by atoms with E-state index >= 15 is 0 Å². The zero-order valence-electron chi connectivity index (χ0n) is 16.6. The molecule has 0 bridgehead atoms. The number of aliphatic hydroxyl groups excluding tert-OH is 1. The summed E-state index contributed by atoms with van der Waals surface area (Å²) < 4.78 is 10.6. The molecule has 2 N–H and O–H groups in total. The van der Waals surface area contributed by atoms with E-state index in [1.54, 1.807) is 25.1 Å². The van der Waals surface area contributed by atoms with E-state index in [-0.39, 0.29) is 22.8 Å². The highest BCUT2D eigenvalue weighted by Gasteiger charge is 2.44. The Morgan fingerprint density at radius 2 is 2.03 bits per heavy atom. The van der Waals surface area contributed by atoms with Crippen LogP contribution in [0.3, 0.4) is 0 Å². The highest BCUT2D eigenvalue weighted by atomic mass is 16.5. The number of rotatable bonds is 8. The van der Waals surface area contributed by atoms with E-state index in [4.69, 9.17) is 9.15 Å². The van der Waals surface area contributed by atoms with Gasteiger partial charge in [0.25, 0.3) is 5.91 Å². The summed E-state index contributed by atoms with van der Waals surface area (Å²) in [6.07, 6.45) is 1.36. The second-order valence-electron chi connectivity index (χ2n) is 6.93. The van der Waals surface area contributed by atoms with Crippen LogP contribution >= 0.6 is 0 Å². The third-order valence-corrected chi connectivity index (χ3v) is 4.68. The van der Waals surface area contributed by atoms with E-state index in [9.17, 15) is 19.8 Å². The maximum absolute atomic E-state index is 13.0. The fourth-order valence-corrected chi connectivity index (χ4v) is 3.28. The number of carbonyl (C=O) groups excluding carboxylic acids is 2. The van der Waals surface area contributed by atoms with Gasteiger partial charge in [0.15, 0.2) is 23.0 Å². The first-order chi connectivity index (χ1) is 13.8. The molecule has 1 aliphatic rings. The lowest BCUT2D eigenvalue weighted by Crippen LogP contribution is -2.36. The van der Waals surface area contributed by atoms with Crippen molar-refractivity contribution < 1.29 is 29.0 Å². The fourth-order valence-electron chi connectivity index (χ4n) is 3.28. The van der Waals surface area contributed by atoms with Crippen molar-refractivity contribution in [3.63, 3.8) is 0 Å². The van der Waals surface area contributed by atoms with Crippen LogP contribution in [-0.4, -0.2) is 65.5 Å². The summed E-state index contributed by atoms with van der Waals surface area (Å²) in [7, 11) is 3.73. The molecule has 29 heavy (non-hydrogen) atoms. The summed E-state index contributed by atoms with van der Waals surface area (Å²) in [4.78, 5) is 29.2. The molecule has 1 amide bonds. The summed E-state index contributed by atoms with van der Waals surface area (Å²) in [6, 6.07) is 6.84. The van der Waals surface area contributed by atoms with Gasteiger partial charge in [-0.3, -0.25) is 9.59 Å². The summed E-state index contributed by atoms with van der Waals surface area (Å²) >= 11 is 0. The average Bonchev–Trinajstić information content (AvgIpc) is 3.30. The summed E-state index contributed by atoms with van der Waals surface area (Å²) in [5.41, 5.74) is 0.481. The number of phenols is 1. The minimum atomic E-state index is -0.833. The minimum Gasteiger partial charge on any atom is -0.504 e. The molecule has 154 valence electrons. The number of Topliss-reactive ketones (excluding diaryl/α,β-unsaturated/α-hetero) is 1. The van der Waals surface area contributed by atoms with Crippen molar-refractivity contribution >= 4 is 11.7 Å². The Morgan fingerprint density at radius 3 is 2.66 bits per heavy atom. The van der Waals surface area contributed by atoms with Gasteiger partial charge in [0.2, 0.25) is 5.78 Å². The minimum absolute atomic E-state index is 0.0302. The number of aliphatic hydroxyl groups is 1. The SMILES string of the molecule is CCOc1cc(C2C(C(=O)c3ccco3)=C(O)C(=O)N2CCN(C)C)ccc1O. The highest BCUT2D eigenvalue weighted by Crippen LogP contribution is 2.41. The lowest BCUT2D eigenvalue weighted by molar-refractivity contribution is -0.129. The second-order valence-corrected chi connectivity index (χ2v) is 6.93. The molecule has 0 spiro atoms. The number of hydrogen-bond acceptors (Lipinski definition) is 7. The first-order valence-electron chi connectivity index (χ1n) is 9.27. The molecule has 0 saturated heterocycles. The van der Waals surface area contributed by atoms with Gasteiger partial charge in [-0.05, 0) is 50.8 Å².